The van der Waals surface area contributed by atoms with Crippen LogP contribution in [0, 0.1) is 28.6 Å². The Morgan fingerprint density at radius 1 is 1.21 bits per heavy atom. The average molecular weight is 324 g/mol. The molecular weight excluding hydrogens is 296 g/mol. The molecule has 0 amide bonds. The third kappa shape index (κ3) is 2.01. The summed E-state index contributed by atoms with van der Waals surface area (Å²) in [7, 11) is 0. The molecule has 24 heavy (non-hydrogen) atoms. The minimum absolute atomic E-state index is 0.0369. The van der Waals surface area contributed by atoms with Crippen LogP contribution < -0.4 is 0 Å². The van der Waals surface area contributed by atoms with Crippen LogP contribution in [0.4, 0.5) is 0 Å². The number of rotatable bonds is 1. The van der Waals surface area contributed by atoms with E-state index in [-0.39, 0.29) is 16.6 Å². The topological polar surface area (TPSA) is 34.1 Å². The van der Waals surface area contributed by atoms with Gasteiger partial charge in [-0.25, -0.2) is 0 Å². The van der Waals surface area contributed by atoms with Crippen LogP contribution in [-0.4, -0.2) is 11.6 Å². The van der Waals surface area contributed by atoms with Gasteiger partial charge in [-0.2, -0.15) is 0 Å². The Morgan fingerprint density at radius 2 is 2.00 bits per heavy atom. The summed E-state index contributed by atoms with van der Waals surface area (Å²) in [5, 5.41) is 0. The molecule has 2 nitrogen and oxygen atoms in total. The Morgan fingerprint density at radius 3 is 2.75 bits per heavy atom. The second kappa shape index (κ2) is 5.28. The van der Waals surface area contributed by atoms with E-state index in [9.17, 15) is 9.59 Å². The van der Waals surface area contributed by atoms with Gasteiger partial charge in [0.1, 0.15) is 5.78 Å². The maximum Gasteiger partial charge on any atom is 0.178 e. The highest BCUT2D eigenvalue weighted by Gasteiger charge is 2.59. The molecule has 3 fully saturated rings. The van der Waals surface area contributed by atoms with E-state index in [0.29, 0.717) is 23.5 Å². The van der Waals surface area contributed by atoms with E-state index in [2.05, 4.69) is 32.9 Å². The molecule has 4 aliphatic rings. The number of ketones is 2. The molecule has 0 spiro atoms. The number of fused-ring (bicyclic) bond motifs is 5. The molecule has 0 aromatic heterocycles. The summed E-state index contributed by atoms with van der Waals surface area (Å²) in [5.74, 6) is 2.28. The zero-order chi connectivity index (χ0) is 17.1. The summed E-state index contributed by atoms with van der Waals surface area (Å²) in [6, 6.07) is 0. The number of carbonyl (C=O) groups is 2. The first kappa shape index (κ1) is 16.1. The Kier molecular flexibility index (Phi) is 3.53. The quantitative estimate of drug-likeness (QED) is 0.693. The molecule has 2 heteroatoms. The van der Waals surface area contributed by atoms with E-state index in [4.69, 9.17) is 0 Å². The second-order valence-electron chi connectivity index (χ2n) is 8.71. The van der Waals surface area contributed by atoms with Crippen molar-refractivity contribution in [2.45, 2.75) is 59.3 Å². The van der Waals surface area contributed by atoms with Gasteiger partial charge in [-0.05, 0) is 73.2 Å². The highest BCUT2D eigenvalue weighted by Crippen LogP contribution is 2.64. The Bertz CT molecular complexity index is 695. The summed E-state index contributed by atoms with van der Waals surface area (Å²) in [6.45, 7) is 6.71. The van der Waals surface area contributed by atoms with Gasteiger partial charge in [0.25, 0.3) is 0 Å². The van der Waals surface area contributed by atoms with Crippen molar-refractivity contribution in [3.63, 3.8) is 0 Å². The fourth-order valence-corrected chi connectivity index (χ4v) is 6.34. The molecule has 5 atom stereocenters. The van der Waals surface area contributed by atoms with Crippen LogP contribution in [0.2, 0.25) is 0 Å². The lowest BCUT2D eigenvalue weighted by Gasteiger charge is -2.56. The lowest BCUT2D eigenvalue weighted by atomic mass is 9.47. The molecule has 128 valence electrons. The first-order valence-electron chi connectivity index (χ1n) is 9.58. The van der Waals surface area contributed by atoms with Gasteiger partial charge in [-0.3, -0.25) is 9.59 Å². The lowest BCUT2D eigenvalue weighted by molar-refractivity contribution is -0.131. The summed E-state index contributed by atoms with van der Waals surface area (Å²) in [6.07, 6.45) is 14.1. The first-order valence-corrected chi connectivity index (χ1v) is 9.58. The van der Waals surface area contributed by atoms with Crippen LogP contribution in [0.5, 0.6) is 0 Å². The number of hydrogen-bond donors (Lipinski definition) is 0. The van der Waals surface area contributed by atoms with Crippen LogP contribution >= 0.6 is 0 Å². The van der Waals surface area contributed by atoms with Gasteiger partial charge in [-0.15, -0.1) is 0 Å². The molecule has 0 N–H and O–H groups in total. The summed E-state index contributed by atoms with van der Waals surface area (Å²) < 4.78 is 0. The monoisotopic (exact) mass is 324 g/mol. The normalized spacial score (nSPS) is 45.7. The maximum absolute atomic E-state index is 12.5. The molecular formula is C22H28O2. The largest absolute Gasteiger partial charge is 0.299 e. The van der Waals surface area contributed by atoms with Crippen LogP contribution in [0.25, 0.3) is 0 Å². The summed E-state index contributed by atoms with van der Waals surface area (Å²) >= 11 is 0. The van der Waals surface area contributed by atoms with Gasteiger partial charge in [0, 0.05) is 17.3 Å². The van der Waals surface area contributed by atoms with E-state index >= 15 is 0 Å². The van der Waals surface area contributed by atoms with Crippen LogP contribution in [-0.2, 0) is 9.59 Å². The minimum Gasteiger partial charge on any atom is -0.299 e. The predicted octanol–water partition coefficient (Wildman–Crippen LogP) is 4.81. The first-order chi connectivity index (χ1) is 11.4. The lowest BCUT2D eigenvalue weighted by Crippen LogP contribution is -2.50. The fourth-order valence-electron chi connectivity index (χ4n) is 6.34. The minimum atomic E-state index is -0.0930. The molecule has 0 radical (unpaired) electrons. The van der Waals surface area contributed by atoms with Crippen LogP contribution in [0.1, 0.15) is 59.3 Å². The van der Waals surface area contributed by atoms with Gasteiger partial charge < -0.3 is 0 Å². The van der Waals surface area contributed by atoms with Gasteiger partial charge in [0.05, 0.1) is 0 Å². The second-order valence-corrected chi connectivity index (χ2v) is 8.71. The molecule has 3 saturated carbocycles. The summed E-state index contributed by atoms with van der Waals surface area (Å²) in [4.78, 5) is 24.5. The van der Waals surface area contributed by atoms with Gasteiger partial charge in [0.2, 0.25) is 0 Å². The smallest absolute Gasteiger partial charge is 0.178 e. The van der Waals surface area contributed by atoms with Crippen molar-refractivity contribution in [3.05, 3.63) is 35.5 Å². The van der Waals surface area contributed by atoms with Crippen molar-refractivity contribution < 1.29 is 9.59 Å². The Hall–Kier alpha value is -1.44. The van der Waals surface area contributed by atoms with Gasteiger partial charge in [0.15, 0.2) is 5.78 Å². The van der Waals surface area contributed by atoms with Crippen molar-refractivity contribution in [2.75, 3.05) is 0 Å². The fraction of sp³-hybridized carbons (Fsp3) is 0.636. The van der Waals surface area contributed by atoms with Crippen molar-refractivity contribution in [1.82, 2.24) is 0 Å². The van der Waals surface area contributed by atoms with Crippen molar-refractivity contribution in [3.8, 4) is 0 Å². The Balaban J connectivity index is 1.80. The van der Waals surface area contributed by atoms with Crippen LogP contribution in [0.15, 0.2) is 35.5 Å². The highest BCUT2D eigenvalue weighted by atomic mass is 16.1. The predicted molar refractivity (Wildman–Crippen MR) is 95.4 cm³/mol. The molecule has 0 aromatic rings. The third-order valence-corrected chi connectivity index (χ3v) is 7.63. The molecule has 0 bridgehead atoms. The molecule has 4 rings (SSSR count). The molecule has 0 aliphatic heterocycles. The summed E-state index contributed by atoms with van der Waals surface area (Å²) in [5.41, 5.74) is 2.49. The number of Topliss-reactive ketones (excluding diaryl/α,β-unsaturated/α-hetero) is 1. The van der Waals surface area contributed by atoms with Crippen LogP contribution in [0.3, 0.4) is 0 Å². The van der Waals surface area contributed by atoms with E-state index in [1.807, 2.05) is 6.08 Å². The third-order valence-electron chi connectivity index (χ3n) is 7.63. The van der Waals surface area contributed by atoms with Crippen molar-refractivity contribution >= 4 is 11.6 Å². The average Bonchev–Trinajstić information content (AvgIpc) is 2.85. The molecule has 0 unspecified atom stereocenters. The van der Waals surface area contributed by atoms with E-state index in [1.54, 1.807) is 6.08 Å². The van der Waals surface area contributed by atoms with Gasteiger partial charge >= 0.3 is 0 Å². The molecule has 0 heterocycles. The SMILES string of the molecule is CC/C=C1\C[C@@H]2[C@H](CC[C@]3(C)C(=O)CC[C@@H]23)[C@@]2(C)C=CC(=O)C=C12. The van der Waals surface area contributed by atoms with Crippen molar-refractivity contribution in [1.29, 1.82) is 0 Å². The van der Waals surface area contributed by atoms with E-state index in [0.717, 1.165) is 38.5 Å². The Labute approximate surface area is 145 Å². The zero-order valence-electron chi connectivity index (χ0n) is 15.1. The number of carbonyl (C=O) groups excluding carboxylic acids is 2. The van der Waals surface area contributed by atoms with E-state index < -0.39 is 0 Å². The maximum atomic E-state index is 12.5. The molecule has 0 saturated heterocycles. The van der Waals surface area contributed by atoms with Gasteiger partial charge in [-0.1, -0.05) is 32.9 Å². The number of allylic oxidation sites excluding steroid dienone is 6. The van der Waals surface area contributed by atoms with E-state index in [1.165, 1.54) is 11.1 Å². The molecule has 0 aromatic carbocycles. The van der Waals surface area contributed by atoms with Crippen molar-refractivity contribution in [2.24, 2.45) is 28.6 Å². The zero-order valence-corrected chi connectivity index (χ0v) is 15.1. The molecule has 4 aliphatic carbocycles. The number of hydrogen-bond acceptors (Lipinski definition) is 2. The highest BCUT2D eigenvalue weighted by molar-refractivity contribution is 6.02. The standard InChI is InChI=1S/C22H28O2/c1-4-5-14-12-16-17-6-7-20(24)22(17,3)11-9-18(16)21(2)10-8-15(23)13-19(14)21/h5,8,10,13,16-18H,4,6-7,9,11-12H2,1-3H3/b14-5+/t16-,17-,18-,21+,22-/m0/s1.